The molecule has 0 fully saturated rings. The third-order valence-electron chi connectivity index (χ3n) is 1.32. The van der Waals surface area contributed by atoms with E-state index < -0.39 is 0 Å². The Morgan fingerprint density at radius 1 is 1.00 bits per heavy atom. The summed E-state index contributed by atoms with van der Waals surface area (Å²) < 4.78 is 10.1. The van der Waals surface area contributed by atoms with Gasteiger partial charge in [0.05, 0.1) is 13.2 Å². The van der Waals surface area contributed by atoms with Crippen molar-refractivity contribution in [2.24, 2.45) is 0 Å². The van der Waals surface area contributed by atoms with Gasteiger partial charge in [0.1, 0.15) is 0 Å². The average molecular weight is 146 g/mol. The molecule has 62 valence electrons. The van der Waals surface area contributed by atoms with Gasteiger partial charge in [0.25, 0.3) is 0 Å². The molecule has 0 atom stereocenters. The van der Waals surface area contributed by atoms with Gasteiger partial charge in [0, 0.05) is 13.7 Å². The molecule has 0 amide bonds. The number of hydrogen-bond acceptors (Lipinski definition) is 2. The summed E-state index contributed by atoms with van der Waals surface area (Å²) in [4.78, 5) is 0. The third-order valence-corrected chi connectivity index (χ3v) is 1.32. The summed E-state index contributed by atoms with van der Waals surface area (Å²) in [6.45, 7) is 4.53. The number of unbranched alkanes of at least 4 members (excludes halogenated alkanes) is 2. The Labute approximate surface area is 63.5 Å². The fourth-order valence-electron chi connectivity index (χ4n) is 0.698. The van der Waals surface area contributed by atoms with E-state index >= 15 is 0 Å². The van der Waals surface area contributed by atoms with Crippen LogP contribution in [-0.4, -0.2) is 26.9 Å². The highest BCUT2D eigenvalue weighted by Gasteiger charge is 1.86. The topological polar surface area (TPSA) is 18.5 Å². The summed E-state index contributed by atoms with van der Waals surface area (Å²) in [6, 6.07) is 0. The molecule has 0 aromatic carbocycles. The molecule has 0 bridgehead atoms. The summed E-state index contributed by atoms with van der Waals surface area (Å²) in [5.41, 5.74) is 0. The van der Waals surface area contributed by atoms with Crippen LogP contribution in [0.4, 0.5) is 0 Å². The molecule has 0 saturated carbocycles. The lowest BCUT2D eigenvalue weighted by atomic mass is 10.3. The minimum atomic E-state index is 0.714. The Morgan fingerprint density at radius 2 is 1.80 bits per heavy atom. The Morgan fingerprint density at radius 3 is 2.40 bits per heavy atom. The number of methoxy groups -OCH3 is 1. The average Bonchev–Trinajstić information content (AvgIpc) is 1.97. The number of ether oxygens (including phenoxy) is 2. The lowest BCUT2D eigenvalue weighted by molar-refractivity contribution is 0.0687. The molecule has 0 aromatic rings. The van der Waals surface area contributed by atoms with Gasteiger partial charge >= 0.3 is 0 Å². The Bertz CT molecular complexity index is 47.2. The predicted octanol–water partition coefficient (Wildman–Crippen LogP) is 1.84. The first-order valence-electron chi connectivity index (χ1n) is 3.98. The summed E-state index contributed by atoms with van der Waals surface area (Å²) in [6.07, 6.45) is 3.71. The molecule has 0 saturated heterocycles. The molecule has 0 aromatic heterocycles. The monoisotopic (exact) mass is 146 g/mol. The maximum absolute atomic E-state index is 5.25. The summed E-state index contributed by atoms with van der Waals surface area (Å²) >= 11 is 0. The second kappa shape index (κ2) is 8.92. The van der Waals surface area contributed by atoms with Gasteiger partial charge in [-0.05, 0) is 6.42 Å². The highest BCUT2D eigenvalue weighted by atomic mass is 16.5. The van der Waals surface area contributed by atoms with Crippen LogP contribution in [0.15, 0.2) is 0 Å². The van der Waals surface area contributed by atoms with Crippen molar-refractivity contribution in [1.29, 1.82) is 0 Å². The molecule has 0 heterocycles. The molecule has 0 aliphatic carbocycles. The van der Waals surface area contributed by atoms with Gasteiger partial charge < -0.3 is 9.47 Å². The molecular formula is C8H18O2. The van der Waals surface area contributed by atoms with Gasteiger partial charge in [-0.2, -0.15) is 0 Å². The Hall–Kier alpha value is -0.0800. The zero-order valence-electron chi connectivity index (χ0n) is 7.06. The molecule has 0 unspecified atom stereocenters. The zero-order valence-corrected chi connectivity index (χ0v) is 7.06. The number of hydrogen-bond donors (Lipinski definition) is 0. The lowest BCUT2D eigenvalue weighted by Gasteiger charge is -2.01. The van der Waals surface area contributed by atoms with E-state index in [1.807, 2.05) is 0 Å². The maximum atomic E-state index is 5.25. The van der Waals surface area contributed by atoms with Crippen molar-refractivity contribution in [3.8, 4) is 0 Å². The van der Waals surface area contributed by atoms with Gasteiger partial charge in [0.2, 0.25) is 0 Å². The smallest absolute Gasteiger partial charge is 0.0700 e. The van der Waals surface area contributed by atoms with E-state index in [4.69, 9.17) is 9.47 Å². The van der Waals surface area contributed by atoms with E-state index in [9.17, 15) is 0 Å². The lowest BCUT2D eigenvalue weighted by Crippen LogP contribution is -2.02. The van der Waals surface area contributed by atoms with Crippen molar-refractivity contribution >= 4 is 0 Å². The minimum Gasteiger partial charge on any atom is -0.382 e. The summed E-state index contributed by atoms with van der Waals surface area (Å²) in [5, 5.41) is 0. The third kappa shape index (κ3) is 7.92. The standard InChI is InChI=1S/C8H18O2/c1-3-4-5-6-10-8-7-9-2/h3-8H2,1-2H3. The molecule has 2 heteroatoms. The number of rotatable bonds is 7. The van der Waals surface area contributed by atoms with Crippen molar-refractivity contribution in [1.82, 2.24) is 0 Å². The van der Waals surface area contributed by atoms with Crippen LogP contribution in [0.5, 0.6) is 0 Å². The molecule has 0 N–H and O–H groups in total. The maximum Gasteiger partial charge on any atom is 0.0700 e. The molecule has 0 spiro atoms. The largest absolute Gasteiger partial charge is 0.382 e. The molecule has 2 nitrogen and oxygen atoms in total. The Balaban J connectivity index is 2.65. The molecular weight excluding hydrogens is 128 g/mol. The first-order valence-corrected chi connectivity index (χ1v) is 3.98. The fourth-order valence-corrected chi connectivity index (χ4v) is 0.698. The molecule has 0 aliphatic rings. The molecule has 0 aliphatic heterocycles. The van der Waals surface area contributed by atoms with Crippen LogP contribution in [-0.2, 0) is 9.47 Å². The van der Waals surface area contributed by atoms with E-state index in [0.29, 0.717) is 6.61 Å². The van der Waals surface area contributed by atoms with Crippen molar-refractivity contribution < 1.29 is 9.47 Å². The van der Waals surface area contributed by atoms with E-state index in [2.05, 4.69) is 6.92 Å². The van der Waals surface area contributed by atoms with E-state index in [1.54, 1.807) is 7.11 Å². The van der Waals surface area contributed by atoms with Crippen molar-refractivity contribution in [2.45, 2.75) is 26.2 Å². The molecule has 10 heavy (non-hydrogen) atoms. The van der Waals surface area contributed by atoms with Crippen molar-refractivity contribution in [2.75, 3.05) is 26.9 Å². The van der Waals surface area contributed by atoms with Gasteiger partial charge in [0.15, 0.2) is 0 Å². The van der Waals surface area contributed by atoms with Gasteiger partial charge in [-0.15, -0.1) is 0 Å². The van der Waals surface area contributed by atoms with Gasteiger partial charge in [-0.3, -0.25) is 0 Å². The van der Waals surface area contributed by atoms with E-state index in [0.717, 1.165) is 13.2 Å². The van der Waals surface area contributed by atoms with Gasteiger partial charge in [-0.1, -0.05) is 19.8 Å². The SMILES string of the molecule is CCCCCOCCOC. The second-order valence-electron chi connectivity index (χ2n) is 2.31. The van der Waals surface area contributed by atoms with Crippen LogP contribution >= 0.6 is 0 Å². The first-order chi connectivity index (χ1) is 4.91. The first kappa shape index (κ1) is 9.92. The van der Waals surface area contributed by atoms with E-state index in [1.165, 1.54) is 19.3 Å². The zero-order chi connectivity index (χ0) is 7.66. The van der Waals surface area contributed by atoms with Crippen LogP contribution in [0.2, 0.25) is 0 Å². The van der Waals surface area contributed by atoms with Crippen molar-refractivity contribution in [3.05, 3.63) is 0 Å². The fraction of sp³-hybridized carbons (Fsp3) is 1.00. The van der Waals surface area contributed by atoms with Crippen LogP contribution in [0.3, 0.4) is 0 Å². The molecule has 0 rings (SSSR count). The van der Waals surface area contributed by atoms with Crippen molar-refractivity contribution in [3.63, 3.8) is 0 Å². The van der Waals surface area contributed by atoms with Crippen LogP contribution in [0, 0.1) is 0 Å². The predicted molar refractivity (Wildman–Crippen MR) is 42.2 cm³/mol. The second-order valence-corrected chi connectivity index (χ2v) is 2.31. The van der Waals surface area contributed by atoms with Crippen LogP contribution < -0.4 is 0 Å². The molecule has 0 radical (unpaired) electrons. The minimum absolute atomic E-state index is 0.714. The highest BCUT2D eigenvalue weighted by Crippen LogP contribution is 1.93. The quantitative estimate of drug-likeness (QED) is 0.510. The van der Waals surface area contributed by atoms with E-state index in [-0.39, 0.29) is 0 Å². The van der Waals surface area contributed by atoms with Crippen LogP contribution in [0.1, 0.15) is 26.2 Å². The highest BCUT2D eigenvalue weighted by molar-refractivity contribution is 4.35. The summed E-state index contributed by atoms with van der Waals surface area (Å²) in [7, 11) is 1.69. The normalized spacial score (nSPS) is 10.2. The van der Waals surface area contributed by atoms with Gasteiger partial charge in [-0.25, -0.2) is 0 Å². The van der Waals surface area contributed by atoms with Crippen LogP contribution in [0.25, 0.3) is 0 Å². The Kier molecular flexibility index (Phi) is 8.85. The summed E-state index contributed by atoms with van der Waals surface area (Å²) in [5.74, 6) is 0.